The zero-order chi connectivity index (χ0) is 14.4. The molecule has 0 unspecified atom stereocenters. The van der Waals surface area contributed by atoms with Crippen molar-refractivity contribution in [3.05, 3.63) is 34.3 Å². The van der Waals surface area contributed by atoms with Crippen molar-refractivity contribution in [2.45, 2.75) is 27.3 Å². The minimum atomic E-state index is 0.638. The Morgan fingerprint density at radius 2 is 2.00 bits per heavy atom. The van der Waals surface area contributed by atoms with Crippen LogP contribution in [0.2, 0.25) is 0 Å². The Kier molecular flexibility index (Phi) is 5.24. The molecular formula is C15H20N2O2S. The highest BCUT2D eigenvalue weighted by Gasteiger charge is 2.07. The number of anilines is 1. The molecule has 108 valence electrons. The first-order chi connectivity index (χ1) is 9.72. The smallest absolute Gasteiger partial charge is 0.142 e. The SMILES string of the molecule is CCOc1ccc(OCC)c(NCc2nc(C)cs2)c1. The number of hydrogen-bond donors (Lipinski definition) is 1. The van der Waals surface area contributed by atoms with E-state index in [9.17, 15) is 0 Å². The summed E-state index contributed by atoms with van der Waals surface area (Å²) in [5, 5.41) is 6.48. The molecule has 0 saturated heterocycles. The quantitative estimate of drug-likeness (QED) is 0.841. The van der Waals surface area contributed by atoms with E-state index in [0.29, 0.717) is 19.8 Å². The highest BCUT2D eigenvalue weighted by Crippen LogP contribution is 2.30. The monoisotopic (exact) mass is 292 g/mol. The van der Waals surface area contributed by atoms with Crippen LogP contribution < -0.4 is 14.8 Å². The lowest BCUT2D eigenvalue weighted by atomic mass is 10.2. The van der Waals surface area contributed by atoms with E-state index >= 15 is 0 Å². The molecule has 0 atom stereocenters. The van der Waals surface area contributed by atoms with Crippen molar-refractivity contribution in [3.63, 3.8) is 0 Å². The van der Waals surface area contributed by atoms with E-state index in [1.54, 1.807) is 11.3 Å². The number of thiazole rings is 1. The molecule has 1 aromatic carbocycles. The molecule has 1 N–H and O–H groups in total. The zero-order valence-corrected chi connectivity index (χ0v) is 12.9. The average Bonchev–Trinajstić information content (AvgIpc) is 2.85. The molecular weight excluding hydrogens is 272 g/mol. The van der Waals surface area contributed by atoms with E-state index in [1.165, 1.54) is 0 Å². The second-order valence-corrected chi connectivity index (χ2v) is 5.20. The van der Waals surface area contributed by atoms with Crippen molar-refractivity contribution in [3.8, 4) is 11.5 Å². The van der Waals surface area contributed by atoms with E-state index in [0.717, 1.165) is 27.9 Å². The normalized spacial score (nSPS) is 10.3. The summed E-state index contributed by atoms with van der Waals surface area (Å²) in [6.07, 6.45) is 0. The van der Waals surface area contributed by atoms with Gasteiger partial charge in [-0.2, -0.15) is 0 Å². The molecule has 0 radical (unpaired) electrons. The first-order valence-corrected chi connectivity index (χ1v) is 7.65. The highest BCUT2D eigenvalue weighted by molar-refractivity contribution is 7.09. The largest absolute Gasteiger partial charge is 0.494 e. The molecule has 0 fully saturated rings. The highest BCUT2D eigenvalue weighted by atomic mass is 32.1. The molecule has 0 aliphatic rings. The van der Waals surface area contributed by atoms with Crippen molar-refractivity contribution in [1.29, 1.82) is 0 Å². The van der Waals surface area contributed by atoms with Crippen molar-refractivity contribution in [1.82, 2.24) is 4.98 Å². The minimum Gasteiger partial charge on any atom is -0.494 e. The number of aryl methyl sites for hydroxylation is 1. The van der Waals surface area contributed by atoms with E-state index < -0.39 is 0 Å². The summed E-state index contributed by atoms with van der Waals surface area (Å²) in [6, 6.07) is 5.83. The maximum Gasteiger partial charge on any atom is 0.142 e. The van der Waals surface area contributed by atoms with E-state index in [1.807, 2.05) is 39.0 Å². The Labute approximate surface area is 123 Å². The van der Waals surface area contributed by atoms with Gasteiger partial charge < -0.3 is 14.8 Å². The van der Waals surface area contributed by atoms with Crippen LogP contribution in [0.25, 0.3) is 0 Å². The van der Waals surface area contributed by atoms with Crippen LogP contribution in [-0.2, 0) is 6.54 Å². The second-order valence-electron chi connectivity index (χ2n) is 4.26. The standard InChI is InChI=1S/C15H20N2O2S/c1-4-18-12-6-7-14(19-5-2)13(8-12)16-9-15-17-11(3)10-20-15/h6-8,10,16H,4-5,9H2,1-3H3. The topological polar surface area (TPSA) is 43.4 Å². The first-order valence-electron chi connectivity index (χ1n) is 6.77. The van der Waals surface area contributed by atoms with Gasteiger partial charge in [0.25, 0.3) is 0 Å². The second kappa shape index (κ2) is 7.14. The number of aromatic nitrogens is 1. The molecule has 0 saturated carbocycles. The third kappa shape index (κ3) is 3.87. The minimum absolute atomic E-state index is 0.638. The molecule has 2 rings (SSSR count). The Morgan fingerprint density at radius 3 is 2.65 bits per heavy atom. The predicted molar refractivity (Wildman–Crippen MR) is 83.0 cm³/mol. The van der Waals surface area contributed by atoms with Gasteiger partial charge in [0.05, 0.1) is 25.4 Å². The summed E-state index contributed by atoms with van der Waals surface area (Å²) >= 11 is 1.66. The molecule has 0 aliphatic heterocycles. The fourth-order valence-corrected chi connectivity index (χ4v) is 2.55. The lowest BCUT2D eigenvalue weighted by molar-refractivity contribution is 0.332. The van der Waals surface area contributed by atoms with Gasteiger partial charge in [-0.1, -0.05) is 0 Å². The predicted octanol–water partition coefficient (Wildman–Crippen LogP) is 3.86. The van der Waals surface area contributed by atoms with Crippen molar-refractivity contribution < 1.29 is 9.47 Å². The molecule has 0 spiro atoms. The van der Waals surface area contributed by atoms with Gasteiger partial charge in [0, 0.05) is 17.1 Å². The number of nitrogens with zero attached hydrogens (tertiary/aromatic N) is 1. The van der Waals surface area contributed by atoms with E-state index in [2.05, 4.69) is 15.7 Å². The van der Waals surface area contributed by atoms with E-state index in [-0.39, 0.29) is 0 Å². The molecule has 1 heterocycles. The Bertz CT molecular complexity index is 555. The number of ether oxygens (including phenoxy) is 2. The summed E-state index contributed by atoms with van der Waals surface area (Å²) in [5.74, 6) is 1.68. The van der Waals surface area contributed by atoms with Gasteiger partial charge in [-0.15, -0.1) is 11.3 Å². The van der Waals surface area contributed by atoms with Crippen LogP contribution in [0.5, 0.6) is 11.5 Å². The molecule has 1 aromatic heterocycles. The van der Waals surface area contributed by atoms with Crippen molar-refractivity contribution >= 4 is 17.0 Å². The lowest BCUT2D eigenvalue weighted by Gasteiger charge is -2.13. The summed E-state index contributed by atoms with van der Waals surface area (Å²) in [4.78, 5) is 4.44. The Morgan fingerprint density at radius 1 is 1.20 bits per heavy atom. The maximum absolute atomic E-state index is 5.63. The average molecular weight is 292 g/mol. The number of benzene rings is 1. The van der Waals surface area contributed by atoms with Crippen LogP contribution in [0.15, 0.2) is 23.6 Å². The van der Waals surface area contributed by atoms with E-state index in [4.69, 9.17) is 9.47 Å². The summed E-state index contributed by atoms with van der Waals surface area (Å²) < 4.78 is 11.2. The molecule has 0 aliphatic carbocycles. The van der Waals surface area contributed by atoms with Crippen LogP contribution in [0.4, 0.5) is 5.69 Å². The number of rotatable bonds is 7. The third-order valence-corrected chi connectivity index (χ3v) is 3.63. The fraction of sp³-hybridized carbons (Fsp3) is 0.400. The molecule has 20 heavy (non-hydrogen) atoms. The zero-order valence-electron chi connectivity index (χ0n) is 12.1. The van der Waals surface area contributed by atoms with Crippen molar-refractivity contribution in [2.75, 3.05) is 18.5 Å². The van der Waals surface area contributed by atoms with Gasteiger partial charge in [-0.05, 0) is 32.9 Å². The molecule has 4 nitrogen and oxygen atoms in total. The van der Waals surface area contributed by atoms with Gasteiger partial charge in [0.2, 0.25) is 0 Å². The Balaban J connectivity index is 2.11. The van der Waals surface area contributed by atoms with Crippen LogP contribution in [0.1, 0.15) is 24.5 Å². The molecule has 0 bridgehead atoms. The molecule has 0 amide bonds. The Hall–Kier alpha value is -1.75. The molecule has 2 aromatic rings. The van der Waals surface area contributed by atoms with Crippen LogP contribution in [0, 0.1) is 6.92 Å². The summed E-state index contributed by atoms with van der Waals surface area (Å²) in [6.45, 7) is 7.93. The number of hydrogen-bond acceptors (Lipinski definition) is 5. The van der Waals surface area contributed by atoms with Crippen LogP contribution >= 0.6 is 11.3 Å². The third-order valence-electron chi connectivity index (χ3n) is 2.66. The van der Waals surface area contributed by atoms with Crippen molar-refractivity contribution in [2.24, 2.45) is 0 Å². The summed E-state index contributed by atoms with van der Waals surface area (Å²) in [5.41, 5.74) is 1.99. The summed E-state index contributed by atoms with van der Waals surface area (Å²) in [7, 11) is 0. The fourth-order valence-electron chi connectivity index (χ4n) is 1.84. The molecule has 5 heteroatoms. The first kappa shape index (κ1) is 14.7. The van der Waals surface area contributed by atoms with Gasteiger partial charge in [-0.25, -0.2) is 4.98 Å². The maximum atomic E-state index is 5.63. The van der Waals surface area contributed by atoms with Gasteiger partial charge in [0.1, 0.15) is 16.5 Å². The van der Waals surface area contributed by atoms with Gasteiger partial charge >= 0.3 is 0 Å². The van der Waals surface area contributed by atoms with Gasteiger partial charge in [0.15, 0.2) is 0 Å². The lowest BCUT2D eigenvalue weighted by Crippen LogP contribution is -2.03. The van der Waals surface area contributed by atoms with Crippen LogP contribution in [0.3, 0.4) is 0 Å². The van der Waals surface area contributed by atoms with Gasteiger partial charge in [-0.3, -0.25) is 0 Å². The number of nitrogens with one attached hydrogen (secondary N) is 1. The van der Waals surface area contributed by atoms with Crippen LogP contribution in [-0.4, -0.2) is 18.2 Å².